The van der Waals surface area contributed by atoms with Crippen molar-refractivity contribution in [2.45, 2.75) is 52.2 Å². The monoisotopic (exact) mass is 254 g/mol. The Kier molecular flexibility index (Phi) is 4.15. The fourth-order valence-corrected chi connectivity index (χ4v) is 3.49. The van der Waals surface area contributed by atoms with Crippen LogP contribution < -0.4 is 0 Å². The van der Waals surface area contributed by atoms with Gasteiger partial charge >= 0.3 is 6.03 Å². The zero-order valence-electron chi connectivity index (χ0n) is 11.8. The second-order valence-electron chi connectivity index (χ2n) is 6.00. The summed E-state index contributed by atoms with van der Waals surface area (Å²) in [6, 6.07) is 0.403. The third kappa shape index (κ3) is 2.48. The highest BCUT2D eigenvalue weighted by Gasteiger charge is 2.40. The van der Waals surface area contributed by atoms with Crippen molar-refractivity contribution in [3.8, 4) is 0 Å². The van der Waals surface area contributed by atoms with Gasteiger partial charge in [0.05, 0.1) is 6.10 Å². The summed E-state index contributed by atoms with van der Waals surface area (Å²) in [5.41, 5.74) is 0. The van der Waals surface area contributed by atoms with E-state index in [1.165, 1.54) is 0 Å². The van der Waals surface area contributed by atoms with Crippen molar-refractivity contribution in [3.63, 3.8) is 0 Å². The number of amides is 2. The van der Waals surface area contributed by atoms with Gasteiger partial charge in [-0.2, -0.15) is 0 Å². The maximum Gasteiger partial charge on any atom is 0.320 e. The highest BCUT2D eigenvalue weighted by atomic mass is 16.3. The Bertz CT molecular complexity index is 306. The number of carbonyl (C=O) groups is 1. The summed E-state index contributed by atoms with van der Waals surface area (Å²) in [7, 11) is 0. The molecule has 4 heteroatoms. The van der Waals surface area contributed by atoms with E-state index in [2.05, 4.69) is 13.8 Å². The van der Waals surface area contributed by atoms with Crippen molar-refractivity contribution in [3.05, 3.63) is 0 Å². The summed E-state index contributed by atoms with van der Waals surface area (Å²) in [6.07, 6.45) is 2.46. The average molecular weight is 254 g/mol. The lowest BCUT2D eigenvalue weighted by atomic mass is 9.76. The molecule has 2 aliphatic rings. The molecule has 3 atom stereocenters. The highest BCUT2D eigenvalue weighted by molar-refractivity contribution is 5.76. The van der Waals surface area contributed by atoms with Gasteiger partial charge in [-0.3, -0.25) is 0 Å². The number of urea groups is 1. The molecule has 1 aliphatic carbocycles. The number of hydrogen-bond acceptors (Lipinski definition) is 2. The van der Waals surface area contributed by atoms with Gasteiger partial charge in [0.2, 0.25) is 0 Å². The highest BCUT2D eigenvalue weighted by Crippen LogP contribution is 2.35. The van der Waals surface area contributed by atoms with Crippen LogP contribution in [0.4, 0.5) is 4.79 Å². The summed E-state index contributed by atoms with van der Waals surface area (Å²) in [6.45, 7) is 8.94. The van der Waals surface area contributed by atoms with Crippen LogP contribution in [0.5, 0.6) is 0 Å². The smallest absolute Gasteiger partial charge is 0.320 e. The van der Waals surface area contributed by atoms with Crippen LogP contribution in [0.1, 0.15) is 40.0 Å². The van der Waals surface area contributed by atoms with Crippen molar-refractivity contribution in [2.75, 3.05) is 19.6 Å². The quantitative estimate of drug-likeness (QED) is 0.836. The van der Waals surface area contributed by atoms with Crippen LogP contribution in [0.25, 0.3) is 0 Å². The van der Waals surface area contributed by atoms with Crippen LogP contribution >= 0.6 is 0 Å². The fourth-order valence-electron chi connectivity index (χ4n) is 3.49. The van der Waals surface area contributed by atoms with Gasteiger partial charge < -0.3 is 14.9 Å². The van der Waals surface area contributed by atoms with Gasteiger partial charge in [0.25, 0.3) is 0 Å². The predicted molar refractivity (Wildman–Crippen MR) is 71.3 cm³/mol. The molecule has 4 nitrogen and oxygen atoms in total. The van der Waals surface area contributed by atoms with Crippen LogP contribution in [0.15, 0.2) is 0 Å². The minimum Gasteiger partial charge on any atom is -0.393 e. The van der Waals surface area contributed by atoms with E-state index in [4.69, 9.17) is 0 Å². The second-order valence-corrected chi connectivity index (χ2v) is 6.00. The third-order valence-corrected chi connectivity index (χ3v) is 4.61. The van der Waals surface area contributed by atoms with Crippen LogP contribution in [0.2, 0.25) is 0 Å². The van der Waals surface area contributed by atoms with Gasteiger partial charge in [-0.1, -0.05) is 13.8 Å². The maximum absolute atomic E-state index is 12.3. The maximum atomic E-state index is 12.3. The molecule has 0 radical (unpaired) electrons. The van der Waals surface area contributed by atoms with Gasteiger partial charge in [0, 0.05) is 25.7 Å². The molecule has 0 aromatic rings. The van der Waals surface area contributed by atoms with Gasteiger partial charge in [0.1, 0.15) is 0 Å². The zero-order valence-corrected chi connectivity index (χ0v) is 11.8. The number of aliphatic hydroxyl groups excluding tert-OH is 1. The van der Waals surface area contributed by atoms with Crippen LogP contribution in [0.3, 0.4) is 0 Å². The number of hydrogen-bond donors (Lipinski definition) is 1. The summed E-state index contributed by atoms with van der Waals surface area (Å²) < 4.78 is 0. The SMILES string of the molecule is CCN1CCN(C2CC(O)CCC2C(C)C)C1=O. The minimum atomic E-state index is -0.228. The molecule has 18 heavy (non-hydrogen) atoms. The Morgan fingerprint density at radius 1 is 1.33 bits per heavy atom. The molecular weight excluding hydrogens is 228 g/mol. The van der Waals surface area contributed by atoms with E-state index in [9.17, 15) is 9.90 Å². The molecule has 0 spiro atoms. The van der Waals surface area contributed by atoms with E-state index in [1.807, 2.05) is 16.7 Å². The largest absolute Gasteiger partial charge is 0.393 e. The molecule has 2 amide bonds. The van der Waals surface area contributed by atoms with E-state index < -0.39 is 0 Å². The molecule has 0 aromatic heterocycles. The molecule has 2 rings (SSSR count). The first-order chi connectivity index (χ1) is 8.54. The zero-order chi connectivity index (χ0) is 13.3. The van der Waals surface area contributed by atoms with E-state index in [-0.39, 0.29) is 18.2 Å². The van der Waals surface area contributed by atoms with E-state index in [1.54, 1.807) is 0 Å². The molecule has 1 saturated heterocycles. The van der Waals surface area contributed by atoms with Crippen LogP contribution in [-0.4, -0.2) is 52.7 Å². The Morgan fingerprint density at radius 3 is 2.61 bits per heavy atom. The Hall–Kier alpha value is -0.770. The summed E-state index contributed by atoms with van der Waals surface area (Å²) in [5, 5.41) is 9.90. The summed E-state index contributed by atoms with van der Waals surface area (Å²) in [4.78, 5) is 16.2. The predicted octanol–water partition coefficient (Wildman–Crippen LogP) is 1.93. The van der Waals surface area contributed by atoms with Crippen molar-refractivity contribution < 1.29 is 9.90 Å². The van der Waals surface area contributed by atoms with E-state index >= 15 is 0 Å². The standard InChI is InChI=1S/C14H26N2O2/c1-4-15-7-8-16(14(15)18)13-9-11(17)5-6-12(13)10(2)3/h10-13,17H,4-9H2,1-3H3. The lowest BCUT2D eigenvalue weighted by Crippen LogP contribution is -2.49. The van der Waals surface area contributed by atoms with Gasteiger partial charge in [-0.25, -0.2) is 4.79 Å². The van der Waals surface area contributed by atoms with Crippen LogP contribution in [0, 0.1) is 11.8 Å². The van der Waals surface area contributed by atoms with E-state index in [0.717, 1.165) is 38.9 Å². The molecule has 1 heterocycles. The van der Waals surface area contributed by atoms with Gasteiger partial charge in [-0.15, -0.1) is 0 Å². The summed E-state index contributed by atoms with van der Waals surface area (Å²) >= 11 is 0. The number of carbonyl (C=O) groups excluding carboxylic acids is 1. The molecule has 0 aromatic carbocycles. The number of aliphatic hydroxyl groups is 1. The number of nitrogens with zero attached hydrogens (tertiary/aromatic N) is 2. The second kappa shape index (κ2) is 5.47. The summed E-state index contributed by atoms with van der Waals surface area (Å²) in [5.74, 6) is 1.11. The lowest BCUT2D eigenvalue weighted by Gasteiger charge is -2.41. The van der Waals surface area contributed by atoms with Gasteiger partial charge in [-0.05, 0) is 38.0 Å². The average Bonchev–Trinajstić information content (AvgIpc) is 2.69. The molecule has 3 unspecified atom stereocenters. The topological polar surface area (TPSA) is 43.8 Å². The molecule has 1 N–H and O–H groups in total. The fraction of sp³-hybridized carbons (Fsp3) is 0.929. The third-order valence-electron chi connectivity index (χ3n) is 4.61. The molecule has 2 fully saturated rings. The first-order valence-electron chi connectivity index (χ1n) is 7.28. The Morgan fingerprint density at radius 2 is 2.06 bits per heavy atom. The molecular formula is C14H26N2O2. The number of likely N-dealkylation sites (N-methyl/N-ethyl adjacent to an activating group) is 1. The lowest BCUT2D eigenvalue weighted by molar-refractivity contribution is 0.0328. The number of rotatable bonds is 3. The van der Waals surface area contributed by atoms with Crippen molar-refractivity contribution in [1.29, 1.82) is 0 Å². The molecule has 0 bridgehead atoms. The Labute approximate surface area is 110 Å². The molecule has 1 aliphatic heterocycles. The van der Waals surface area contributed by atoms with Crippen molar-refractivity contribution in [2.24, 2.45) is 11.8 Å². The van der Waals surface area contributed by atoms with Crippen LogP contribution in [-0.2, 0) is 0 Å². The Balaban J connectivity index is 2.11. The van der Waals surface area contributed by atoms with Gasteiger partial charge in [0.15, 0.2) is 0 Å². The minimum absolute atomic E-state index is 0.169. The van der Waals surface area contributed by atoms with E-state index in [0.29, 0.717) is 11.8 Å². The first-order valence-corrected chi connectivity index (χ1v) is 7.28. The van der Waals surface area contributed by atoms with Crippen molar-refractivity contribution >= 4 is 6.03 Å². The molecule has 1 saturated carbocycles. The molecule has 104 valence electrons. The normalized spacial score (nSPS) is 33.6. The van der Waals surface area contributed by atoms with Crippen molar-refractivity contribution in [1.82, 2.24) is 9.80 Å². The first kappa shape index (κ1) is 13.7.